The first-order chi connectivity index (χ1) is 17.3. The number of carbonyl (C=O) groups excluding carboxylic acids is 4. The molecule has 3 rings (SSSR count). The molecule has 0 saturated heterocycles. The molecule has 0 aliphatic rings. The molecule has 0 spiro atoms. The number of rotatable bonds is 9. The van der Waals surface area contributed by atoms with Crippen LogP contribution in [0.2, 0.25) is 0 Å². The van der Waals surface area contributed by atoms with E-state index < -0.39 is 30.2 Å². The van der Waals surface area contributed by atoms with Gasteiger partial charge in [0, 0.05) is 17.3 Å². The van der Waals surface area contributed by atoms with Crippen molar-refractivity contribution in [1.82, 2.24) is 10.9 Å². The third-order valence-electron chi connectivity index (χ3n) is 4.57. The van der Waals surface area contributed by atoms with Gasteiger partial charge in [0.05, 0.1) is 12.7 Å². The smallest absolute Gasteiger partial charge is 0.338 e. The van der Waals surface area contributed by atoms with Gasteiger partial charge in [-0.1, -0.05) is 6.07 Å². The van der Waals surface area contributed by atoms with E-state index in [0.29, 0.717) is 17.2 Å². The van der Waals surface area contributed by atoms with E-state index in [-0.39, 0.29) is 23.6 Å². The minimum atomic E-state index is -0.780. The molecule has 3 amide bonds. The summed E-state index contributed by atoms with van der Waals surface area (Å²) in [6.45, 7) is -0.907. The molecule has 0 bridgehead atoms. The first-order valence-electron chi connectivity index (χ1n) is 10.5. The van der Waals surface area contributed by atoms with Crippen molar-refractivity contribution >= 4 is 29.4 Å². The van der Waals surface area contributed by atoms with Gasteiger partial charge in [-0.15, -0.1) is 0 Å². The molecule has 10 nitrogen and oxygen atoms in total. The van der Waals surface area contributed by atoms with Crippen LogP contribution >= 0.6 is 0 Å². The van der Waals surface area contributed by atoms with E-state index in [9.17, 15) is 23.6 Å². The number of hydrogen-bond acceptors (Lipinski definition) is 7. The van der Waals surface area contributed by atoms with Crippen LogP contribution < -0.4 is 25.6 Å². The van der Waals surface area contributed by atoms with Crippen molar-refractivity contribution in [2.24, 2.45) is 0 Å². The fourth-order valence-electron chi connectivity index (χ4n) is 2.78. The summed E-state index contributed by atoms with van der Waals surface area (Å²) in [5.74, 6) is -2.17. The molecule has 3 N–H and O–H groups in total. The molecule has 186 valence electrons. The summed E-state index contributed by atoms with van der Waals surface area (Å²) in [5.41, 5.74) is 5.05. The Balaban J connectivity index is 1.39. The number of hydrazine groups is 1. The fraction of sp³-hybridized carbons (Fsp3) is 0.120. The Morgan fingerprint density at radius 1 is 0.778 bits per heavy atom. The van der Waals surface area contributed by atoms with Crippen LogP contribution in [0.5, 0.6) is 11.5 Å². The number of halogens is 1. The Hall–Kier alpha value is -4.93. The number of ether oxygens (including phenoxy) is 3. The molecule has 36 heavy (non-hydrogen) atoms. The van der Waals surface area contributed by atoms with Gasteiger partial charge in [-0.05, 0) is 60.7 Å². The number of carbonyl (C=O) groups is 4. The summed E-state index contributed by atoms with van der Waals surface area (Å²) >= 11 is 0. The van der Waals surface area contributed by atoms with Gasteiger partial charge >= 0.3 is 5.97 Å². The molecule has 3 aromatic carbocycles. The van der Waals surface area contributed by atoms with E-state index in [1.165, 1.54) is 43.5 Å². The molecular formula is C25H22FN3O7. The van der Waals surface area contributed by atoms with Crippen LogP contribution in [-0.4, -0.2) is 44.0 Å². The third kappa shape index (κ3) is 7.83. The minimum absolute atomic E-state index is 0.133. The normalized spacial score (nSPS) is 10.1. The standard InChI is InChI=1S/C25H22FN3O7/c1-34-21-4-2-3-19(13-21)27-22(30)14-35-20-11-7-17(8-12-20)25(33)36-15-23(31)28-29-24(32)16-5-9-18(26)10-6-16/h2-13H,14-15H2,1H3,(H,27,30)(H,28,31)(H,29,32). The number of amides is 3. The zero-order valence-electron chi connectivity index (χ0n) is 19.1. The van der Waals surface area contributed by atoms with Gasteiger partial charge in [0.2, 0.25) is 0 Å². The van der Waals surface area contributed by atoms with Crippen LogP contribution in [0.4, 0.5) is 10.1 Å². The van der Waals surface area contributed by atoms with Gasteiger partial charge in [-0.2, -0.15) is 0 Å². The molecular weight excluding hydrogens is 473 g/mol. The highest BCUT2D eigenvalue weighted by Gasteiger charge is 2.12. The molecule has 0 saturated carbocycles. The molecule has 0 aliphatic heterocycles. The van der Waals surface area contributed by atoms with Crippen molar-refractivity contribution in [2.75, 3.05) is 25.6 Å². The molecule has 0 unspecified atom stereocenters. The van der Waals surface area contributed by atoms with Crippen LogP contribution in [0.15, 0.2) is 72.8 Å². The van der Waals surface area contributed by atoms with E-state index in [4.69, 9.17) is 14.2 Å². The maximum Gasteiger partial charge on any atom is 0.338 e. The average Bonchev–Trinajstić information content (AvgIpc) is 2.90. The Kier molecular flexibility index (Phi) is 8.93. The highest BCUT2D eigenvalue weighted by Crippen LogP contribution is 2.17. The summed E-state index contributed by atoms with van der Waals surface area (Å²) in [4.78, 5) is 47.9. The van der Waals surface area contributed by atoms with Crippen LogP contribution in [0.3, 0.4) is 0 Å². The Morgan fingerprint density at radius 3 is 2.17 bits per heavy atom. The van der Waals surface area contributed by atoms with E-state index in [2.05, 4.69) is 16.2 Å². The van der Waals surface area contributed by atoms with Crippen molar-refractivity contribution in [3.63, 3.8) is 0 Å². The van der Waals surface area contributed by atoms with E-state index >= 15 is 0 Å². The van der Waals surface area contributed by atoms with E-state index in [0.717, 1.165) is 12.1 Å². The van der Waals surface area contributed by atoms with Gasteiger partial charge in [0.15, 0.2) is 13.2 Å². The largest absolute Gasteiger partial charge is 0.497 e. The third-order valence-corrected chi connectivity index (χ3v) is 4.57. The lowest BCUT2D eigenvalue weighted by Crippen LogP contribution is -2.43. The molecule has 0 radical (unpaired) electrons. The molecule has 0 aliphatic carbocycles. The number of esters is 1. The molecule has 0 heterocycles. The minimum Gasteiger partial charge on any atom is -0.497 e. The Morgan fingerprint density at radius 2 is 1.47 bits per heavy atom. The molecule has 0 fully saturated rings. The lowest BCUT2D eigenvalue weighted by molar-refractivity contribution is -0.125. The van der Waals surface area contributed by atoms with Crippen molar-refractivity contribution in [3.8, 4) is 11.5 Å². The Bertz CT molecular complexity index is 1230. The van der Waals surface area contributed by atoms with Crippen LogP contribution in [-0.2, 0) is 14.3 Å². The predicted molar refractivity (Wildman–Crippen MR) is 126 cm³/mol. The van der Waals surface area contributed by atoms with Crippen molar-refractivity contribution in [3.05, 3.63) is 89.7 Å². The zero-order valence-corrected chi connectivity index (χ0v) is 19.1. The molecule has 0 atom stereocenters. The monoisotopic (exact) mass is 495 g/mol. The number of benzene rings is 3. The number of anilines is 1. The number of methoxy groups -OCH3 is 1. The zero-order chi connectivity index (χ0) is 25.9. The fourth-order valence-corrected chi connectivity index (χ4v) is 2.78. The first-order valence-corrected chi connectivity index (χ1v) is 10.5. The first kappa shape index (κ1) is 25.7. The summed E-state index contributed by atoms with van der Waals surface area (Å²) in [5, 5.41) is 2.68. The van der Waals surface area contributed by atoms with E-state index in [1.54, 1.807) is 24.3 Å². The maximum absolute atomic E-state index is 12.9. The number of nitrogens with one attached hydrogen (secondary N) is 3. The lowest BCUT2D eigenvalue weighted by atomic mass is 10.2. The second kappa shape index (κ2) is 12.5. The summed E-state index contributed by atoms with van der Waals surface area (Å²) in [6.07, 6.45) is 0. The second-order valence-corrected chi connectivity index (χ2v) is 7.18. The van der Waals surface area contributed by atoms with Crippen molar-refractivity contribution in [1.29, 1.82) is 0 Å². The van der Waals surface area contributed by atoms with Gasteiger partial charge in [0.1, 0.15) is 17.3 Å². The predicted octanol–water partition coefficient (Wildman–Crippen LogP) is 2.47. The summed E-state index contributed by atoms with van der Waals surface area (Å²) in [7, 11) is 1.52. The van der Waals surface area contributed by atoms with Gasteiger partial charge < -0.3 is 19.5 Å². The van der Waals surface area contributed by atoms with E-state index in [1.807, 2.05) is 0 Å². The summed E-state index contributed by atoms with van der Waals surface area (Å²) < 4.78 is 28.3. The van der Waals surface area contributed by atoms with Crippen LogP contribution in [0.1, 0.15) is 20.7 Å². The van der Waals surface area contributed by atoms with Gasteiger partial charge in [0.25, 0.3) is 17.7 Å². The quantitative estimate of drug-likeness (QED) is 0.307. The van der Waals surface area contributed by atoms with Crippen molar-refractivity contribution in [2.45, 2.75) is 0 Å². The molecule has 3 aromatic rings. The highest BCUT2D eigenvalue weighted by atomic mass is 19.1. The average molecular weight is 495 g/mol. The highest BCUT2D eigenvalue weighted by molar-refractivity contribution is 5.96. The SMILES string of the molecule is COc1cccc(NC(=O)COc2ccc(C(=O)OCC(=O)NNC(=O)c3ccc(F)cc3)cc2)c1. The summed E-state index contributed by atoms with van der Waals surface area (Å²) in [6, 6.07) is 17.3. The van der Waals surface area contributed by atoms with Gasteiger partial charge in [-0.25, -0.2) is 9.18 Å². The van der Waals surface area contributed by atoms with Gasteiger partial charge in [-0.3, -0.25) is 25.2 Å². The van der Waals surface area contributed by atoms with Crippen molar-refractivity contribution < 1.29 is 37.8 Å². The van der Waals surface area contributed by atoms with Crippen LogP contribution in [0.25, 0.3) is 0 Å². The Labute approximate surface area is 205 Å². The lowest BCUT2D eigenvalue weighted by Gasteiger charge is -2.10. The molecule has 0 aromatic heterocycles. The topological polar surface area (TPSA) is 132 Å². The maximum atomic E-state index is 12.9. The van der Waals surface area contributed by atoms with Crippen LogP contribution in [0, 0.1) is 5.82 Å². The molecule has 11 heteroatoms. The number of hydrogen-bond donors (Lipinski definition) is 3. The second-order valence-electron chi connectivity index (χ2n) is 7.18.